The standard InChI is InChI=1S/C21H41NO/c1-2-3-4-5-6-7-8-9-13-19-23-20-18-22-17-16-21-14-11-10-12-15-21/h14,22H,2-13,15-20H2,1H3. The summed E-state index contributed by atoms with van der Waals surface area (Å²) in [5.41, 5.74) is 1.67. The molecule has 2 heteroatoms. The van der Waals surface area contributed by atoms with Crippen LogP contribution in [0.1, 0.15) is 96.8 Å². The summed E-state index contributed by atoms with van der Waals surface area (Å²) in [6.45, 7) is 6.22. The molecule has 0 aliphatic heterocycles. The number of unbranched alkanes of at least 4 members (excludes halogenated alkanes) is 8. The molecule has 0 aromatic carbocycles. The van der Waals surface area contributed by atoms with Gasteiger partial charge in [0.15, 0.2) is 0 Å². The van der Waals surface area contributed by atoms with E-state index >= 15 is 0 Å². The molecular weight excluding hydrogens is 282 g/mol. The molecule has 1 rings (SSSR count). The molecule has 0 fully saturated rings. The molecule has 0 aromatic rings. The Labute approximate surface area is 145 Å². The van der Waals surface area contributed by atoms with E-state index in [0.29, 0.717) is 0 Å². The zero-order chi connectivity index (χ0) is 16.4. The summed E-state index contributed by atoms with van der Waals surface area (Å²) in [6.07, 6.45) is 21.6. The first kappa shape index (κ1) is 20.7. The van der Waals surface area contributed by atoms with Gasteiger partial charge in [0.05, 0.1) is 6.61 Å². The smallest absolute Gasteiger partial charge is 0.0590 e. The second kappa shape index (κ2) is 16.5. The molecule has 0 amide bonds. The Bertz CT molecular complexity index is 275. The summed E-state index contributed by atoms with van der Waals surface area (Å²) in [4.78, 5) is 0. The van der Waals surface area contributed by atoms with Crippen LogP contribution in [0.5, 0.6) is 0 Å². The molecule has 0 spiro atoms. The second-order valence-electron chi connectivity index (χ2n) is 7.05. The Balaban J connectivity index is 1.69. The van der Waals surface area contributed by atoms with Gasteiger partial charge in [-0.05, 0) is 45.1 Å². The van der Waals surface area contributed by atoms with Crippen LogP contribution in [0.4, 0.5) is 0 Å². The van der Waals surface area contributed by atoms with Crippen molar-refractivity contribution in [2.24, 2.45) is 0 Å². The quantitative estimate of drug-likeness (QED) is 0.277. The average Bonchev–Trinajstić information content (AvgIpc) is 2.59. The van der Waals surface area contributed by atoms with Crippen molar-refractivity contribution >= 4 is 0 Å². The summed E-state index contributed by atoms with van der Waals surface area (Å²) in [6, 6.07) is 0. The monoisotopic (exact) mass is 323 g/mol. The fraction of sp³-hybridized carbons (Fsp3) is 0.905. The average molecular weight is 324 g/mol. The lowest BCUT2D eigenvalue weighted by Crippen LogP contribution is -2.21. The van der Waals surface area contributed by atoms with E-state index in [9.17, 15) is 0 Å². The largest absolute Gasteiger partial charge is 0.380 e. The van der Waals surface area contributed by atoms with Crippen molar-refractivity contribution in [3.05, 3.63) is 11.6 Å². The van der Waals surface area contributed by atoms with Crippen LogP contribution in [0.25, 0.3) is 0 Å². The molecule has 0 radical (unpaired) electrons. The van der Waals surface area contributed by atoms with Gasteiger partial charge in [0.25, 0.3) is 0 Å². The zero-order valence-corrected chi connectivity index (χ0v) is 15.7. The maximum atomic E-state index is 5.71. The van der Waals surface area contributed by atoms with Gasteiger partial charge in [0.1, 0.15) is 0 Å². The molecule has 1 N–H and O–H groups in total. The Morgan fingerprint density at radius 2 is 1.61 bits per heavy atom. The van der Waals surface area contributed by atoms with Crippen LogP contribution in [0.2, 0.25) is 0 Å². The lowest BCUT2D eigenvalue weighted by atomic mass is 9.97. The van der Waals surface area contributed by atoms with E-state index < -0.39 is 0 Å². The third-order valence-corrected chi connectivity index (χ3v) is 4.82. The minimum atomic E-state index is 0.871. The van der Waals surface area contributed by atoms with Gasteiger partial charge in [-0.3, -0.25) is 0 Å². The summed E-state index contributed by atoms with van der Waals surface area (Å²) in [5, 5.41) is 3.50. The molecule has 23 heavy (non-hydrogen) atoms. The third-order valence-electron chi connectivity index (χ3n) is 4.82. The predicted molar refractivity (Wildman–Crippen MR) is 102 cm³/mol. The van der Waals surface area contributed by atoms with Crippen LogP contribution in [0, 0.1) is 0 Å². The highest BCUT2D eigenvalue weighted by atomic mass is 16.5. The maximum absolute atomic E-state index is 5.71. The fourth-order valence-corrected chi connectivity index (χ4v) is 3.27. The molecule has 136 valence electrons. The van der Waals surface area contributed by atoms with Crippen molar-refractivity contribution in [2.75, 3.05) is 26.3 Å². The van der Waals surface area contributed by atoms with Crippen molar-refractivity contribution in [3.8, 4) is 0 Å². The van der Waals surface area contributed by atoms with Gasteiger partial charge < -0.3 is 10.1 Å². The Morgan fingerprint density at radius 1 is 0.870 bits per heavy atom. The van der Waals surface area contributed by atoms with E-state index in [1.54, 1.807) is 5.57 Å². The topological polar surface area (TPSA) is 21.3 Å². The van der Waals surface area contributed by atoms with Gasteiger partial charge in [-0.2, -0.15) is 0 Å². The summed E-state index contributed by atoms with van der Waals surface area (Å²) in [5.74, 6) is 0. The maximum Gasteiger partial charge on any atom is 0.0590 e. The van der Waals surface area contributed by atoms with Crippen molar-refractivity contribution in [3.63, 3.8) is 0 Å². The van der Waals surface area contributed by atoms with Gasteiger partial charge in [0, 0.05) is 13.2 Å². The van der Waals surface area contributed by atoms with Gasteiger partial charge in [0.2, 0.25) is 0 Å². The van der Waals surface area contributed by atoms with E-state index in [-0.39, 0.29) is 0 Å². The first-order valence-electron chi connectivity index (χ1n) is 10.4. The van der Waals surface area contributed by atoms with Gasteiger partial charge in [-0.1, -0.05) is 69.9 Å². The highest BCUT2D eigenvalue weighted by molar-refractivity contribution is 5.05. The zero-order valence-electron chi connectivity index (χ0n) is 15.7. The first-order chi connectivity index (χ1) is 11.4. The van der Waals surface area contributed by atoms with Crippen LogP contribution in [-0.4, -0.2) is 26.3 Å². The van der Waals surface area contributed by atoms with Crippen molar-refractivity contribution < 1.29 is 4.74 Å². The molecule has 2 nitrogen and oxygen atoms in total. The van der Waals surface area contributed by atoms with E-state index in [2.05, 4.69) is 18.3 Å². The number of allylic oxidation sites excluding steroid dienone is 1. The Kier molecular flexibility index (Phi) is 14.9. The second-order valence-corrected chi connectivity index (χ2v) is 7.05. The molecule has 1 aliphatic rings. The first-order valence-corrected chi connectivity index (χ1v) is 10.4. The van der Waals surface area contributed by atoms with E-state index in [1.807, 2.05) is 0 Å². The molecular formula is C21H41NO. The number of rotatable bonds is 16. The molecule has 1 aliphatic carbocycles. The number of nitrogens with one attached hydrogen (secondary N) is 1. The highest BCUT2D eigenvalue weighted by Gasteiger charge is 2.02. The fourth-order valence-electron chi connectivity index (χ4n) is 3.27. The van der Waals surface area contributed by atoms with Crippen LogP contribution in [0.3, 0.4) is 0 Å². The van der Waals surface area contributed by atoms with Crippen molar-refractivity contribution in [2.45, 2.75) is 96.8 Å². The van der Waals surface area contributed by atoms with Crippen LogP contribution >= 0.6 is 0 Å². The van der Waals surface area contributed by atoms with Gasteiger partial charge in [-0.15, -0.1) is 0 Å². The summed E-state index contributed by atoms with van der Waals surface area (Å²) in [7, 11) is 0. The van der Waals surface area contributed by atoms with Crippen LogP contribution in [0.15, 0.2) is 11.6 Å². The molecule has 0 unspecified atom stereocenters. The lowest BCUT2D eigenvalue weighted by molar-refractivity contribution is 0.131. The number of hydrogen-bond donors (Lipinski definition) is 1. The summed E-state index contributed by atoms with van der Waals surface area (Å²) < 4.78 is 5.71. The molecule has 0 bridgehead atoms. The normalized spacial score (nSPS) is 14.9. The molecule has 0 saturated carbocycles. The number of hydrogen-bond acceptors (Lipinski definition) is 2. The van der Waals surface area contributed by atoms with Crippen molar-refractivity contribution in [1.82, 2.24) is 5.32 Å². The van der Waals surface area contributed by atoms with Gasteiger partial charge in [-0.25, -0.2) is 0 Å². The van der Waals surface area contributed by atoms with Gasteiger partial charge >= 0.3 is 0 Å². The lowest BCUT2D eigenvalue weighted by Gasteiger charge is -2.13. The minimum absolute atomic E-state index is 0.871. The van der Waals surface area contributed by atoms with Crippen molar-refractivity contribution in [1.29, 1.82) is 0 Å². The predicted octanol–water partition coefficient (Wildman–Crippen LogP) is 6.01. The van der Waals surface area contributed by atoms with E-state index in [0.717, 1.165) is 26.3 Å². The van der Waals surface area contributed by atoms with Crippen LogP contribution < -0.4 is 5.32 Å². The molecule has 0 heterocycles. The SMILES string of the molecule is CCCCCCCCCCCOCCNCCC1=CCCCC1. The molecule has 0 aromatic heterocycles. The van der Waals surface area contributed by atoms with E-state index in [4.69, 9.17) is 4.74 Å². The third kappa shape index (κ3) is 13.8. The Hall–Kier alpha value is -0.340. The summed E-state index contributed by atoms with van der Waals surface area (Å²) >= 11 is 0. The number of ether oxygens (including phenoxy) is 1. The minimum Gasteiger partial charge on any atom is -0.380 e. The molecule has 0 saturated heterocycles. The Morgan fingerprint density at radius 3 is 2.30 bits per heavy atom. The molecule has 0 atom stereocenters. The van der Waals surface area contributed by atoms with E-state index in [1.165, 1.54) is 89.9 Å². The highest BCUT2D eigenvalue weighted by Crippen LogP contribution is 2.19. The van der Waals surface area contributed by atoms with Crippen LogP contribution in [-0.2, 0) is 4.74 Å².